The molecule has 0 saturated carbocycles. The SMILES string of the molecule is ClCc1csc(-c2ccno2)n1. The van der Waals surface area contributed by atoms with Crippen molar-refractivity contribution in [3.63, 3.8) is 0 Å². The van der Waals surface area contributed by atoms with Gasteiger partial charge in [0, 0.05) is 11.4 Å². The number of hydrogen-bond donors (Lipinski definition) is 0. The molecule has 0 amide bonds. The van der Waals surface area contributed by atoms with E-state index in [1.807, 2.05) is 5.38 Å². The molecule has 0 unspecified atom stereocenters. The molecule has 2 aromatic rings. The van der Waals surface area contributed by atoms with Crippen LogP contribution in [0.2, 0.25) is 0 Å². The number of aromatic nitrogens is 2. The van der Waals surface area contributed by atoms with E-state index < -0.39 is 0 Å². The van der Waals surface area contributed by atoms with E-state index in [0.717, 1.165) is 10.7 Å². The molecule has 0 spiro atoms. The van der Waals surface area contributed by atoms with Gasteiger partial charge in [-0.2, -0.15) is 0 Å². The van der Waals surface area contributed by atoms with E-state index in [-0.39, 0.29) is 0 Å². The third-order valence-electron chi connectivity index (χ3n) is 1.34. The lowest BCUT2D eigenvalue weighted by Gasteiger charge is -1.84. The summed E-state index contributed by atoms with van der Waals surface area (Å²) in [5, 5.41) is 6.32. The van der Waals surface area contributed by atoms with Crippen molar-refractivity contribution in [2.24, 2.45) is 0 Å². The fourth-order valence-corrected chi connectivity index (χ4v) is 1.81. The summed E-state index contributed by atoms with van der Waals surface area (Å²) in [4.78, 5) is 4.22. The first-order valence-electron chi connectivity index (χ1n) is 3.31. The Bertz CT molecular complexity index is 357. The summed E-state index contributed by atoms with van der Waals surface area (Å²) in [5.74, 6) is 1.13. The summed E-state index contributed by atoms with van der Waals surface area (Å²) in [6, 6.07) is 1.77. The summed E-state index contributed by atoms with van der Waals surface area (Å²) >= 11 is 7.10. The molecule has 2 rings (SSSR count). The highest BCUT2D eigenvalue weighted by atomic mass is 35.5. The number of thiazole rings is 1. The van der Waals surface area contributed by atoms with Crippen LogP contribution in [-0.2, 0) is 5.88 Å². The van der Waals surface area contributed by atoms with Gasteiger partial charge in [-0.1, -0.05) is 5.16 Å². The van der Waals surface area contributed by atoms with Crippen molar-refractivity contribution in [2.75, 3.05) is 0 Å². The van der Waals surface area contributed by atoms with E-state index in [1.165, 1.54) is 11.3 Å². The Kier molecular flexibility index (Phi) is 2.10. The van der Waals surface area contributed by atoms with Crippen molar-refractivity contribution in [3.05, 3.63) is 23.3 Å². The van der Waals surface area contributed by atoms with Crippen molar-refractivity contribution in [2.45, 2.75) is 5.88 Å². The first-order valence-corrected chi connectivity index (χ1v) is 4.73. The second-order valence-electron chi connectivity index (χ2n) is 2.15. The van der Waals surface area contributed by atoms with Crippen molar-refractivity contribution in [1.29, 1.82) is 0 Å². The van der Waals surface area contributed by atoms with Gasteiger partial charge in [0.25, 0.3) is 0 Å². The van der Waals surface area contributed by atoms with E-state index in [4.69, 9.17) is 16.1 Å². The number of halogens is 1. The summed E-state index contributed by atoms with van der Waals surface area (Å²) in [5.41, 5.74) is 0.869. The van der Waals surface area contributed by atoms with Gasteiger partial charge < -0.3 is 4.52 Å². The molecule has 2 aromatic heterocycles. The lowest BCUT2D eigenvalue weighted by Crippen LogP contribution is -1.76. The van der Waals surface area contributed by atoms with Gasteiger partial charge in [0.1, 0.15) is 0 Å². The minimum absolute atomic E-state index is 0.435. The fourth-order valence-electron chi connectivity index (χ4n) is 0.808. The van der Waals surface area contributed by atoms with Gasteiger partial charge in [-0.3, -0.25) is 0 Å². The van der Waals surface area contributed by atoms with Crippen LogP contribution in [0.5, 0.6) is 0 Å². The normalized spacial score (nSPS) is 10.4. The second-order valence-corrected chi connectivity index (χ2v) is 3.28. The minimum atomic E-state index is 0.435. The molecule has 12 heavy (non-hydrogen) atoms. The van der Waals surface area contributed by atoms with Crippen molar-refractivity contribution < 1.29 is 4.52 Å². The van der Waals surface area contributed by atoms with Crippen molar-refractivity contribution in [1.82, 2.24) is 10.1 Å². The molecule has 0 N–H and O–H groups in total. The van der Waals surface area contributed by atoms with Gasteiger partial charge in [-0.05, 0) is 0 Å². The zero-order valence-corrected chi connectivity index (χ0v) is 7.60. The first-order chi connectivity index (χ1) is 5.90. The zero-order valence-electron chi connectivity index (χ0n) is 6.03. The predicted octanol–water partition coefficient (Wildman–Crippen LogP) is 2.54. The van der Waals surface area contributed by atoms with E-state index in [9.17, 15) is 0 Å². The predicted molar refractivity (Wildman–Crippen MR) is 47.2 cm³/mol. The summed E-state index contributed by atoms with van der Waals surface area (Å²) in [6.07, 6.45) is 1.59. The Labute approximate surface area is 78.0 Å². The van der Waals surface area contributed by atoms with Gasteiger partial charge in [-0.15, -0.1) is 22.9 Å². The Hall–Kier alpha value is -0.870. The maximum Gasteiger partial charge on any atom is 0.195 e. The molecular weight excluding hydrogens is 196 g/mol. The van der Waals surface area contributed by atoms with Crippen LogP contribution in [0.1, 0.15) is 5.69 Å². The first kappa shape index (κ1) is 7.76. The lowest BCUT2D eigenvalue weighted by atomic mass is 10.5. The highest BCUT2D eigenvalue weighted by molar-refractivity contribution is 7.13. The quantitative estimate of drug-likeness (QED) is 0.700. The molecule has 0 fully saturated rings. The highest BCUT2D eigenvalue weighted by Gasteiger charge is 2.06. The smallest absolute Gasteiger partial charge is 0.195 e. The van der Waals surface area contributed by atoms with Gasteiger partial charge in [0.15, 0.2) is 10.8 Å². The van der Waals surface area contributed by atoms with Crippen LogP contribution < -0.4 is 0 Å². The highest BCUT2D eigenvalue weighted by Crippen LogP contribution is 2.23. The number of hydrogen-bond acceptors (Lipinski definition) is 4. The van der Waals surface area contributed by atoms with Gasteiger partial charge in [0.2, 0.25) is 0 Å². The maximum absolute atomic E-state index is 5.60. The molecule has 0 aliphatic heterocycles. The minimum Gasteiger partial charge on any atom is -0.354 e. The average molecular weight is 201 g/mol. The van der Waals surface area contributed by atoms with Crippen LogP contribution in [-0.4, -0.2) is 10.1 Å². The van der Waals surface area contributed by atoms with Crippen molar-refractivity contribution in [3.8, 4) is 10.8 Å². The topological polar surface area (TPSA) is 38.9 Å². The Morgan fingerprint density at radius 3 is 3.08 bits per heavy atom. The van der Waals surface area contributed by atoms with Crippen LogP contribution in [0.15, 0.2) is 22.2 Å². The Morgan fingerprint density at radius 2 is 2.50 bits per heavy atom. The van der Waals surface area contributed by atoms with Crippen LogP contribution in [0.4, 0.5) is 0 Å². The average Bonchev–Trinajstić information content (AvgIpc) is 2.75. The molecule has 0 aliphatic carbocycles. The number of rotatable bonds is 2. The molecule has 0 atom stereocenters. The molecule has 0 aliphatic rings. The summed E-state index contributed by atoms with van der Waals surface area (Å²) in [6.45, 7) is 0. The number of alkyl halides is 1. The third kappa shape index (κ3) is 1.35. The molecule has 0 aromatic carbocycles. The van der Waals surface area contributed by atoms with E-state index in [1.54, 1.807) is 12.3 Å². The standard InChI is InChI=1S/C7H5ClN2OS/c8-3-5-4-12-7(10-5)6-1-2-9-11-6/h1-2,4H,3H2. The Morgan fingerprint density at radius 1 is 1.58 bits per heavy atom. The summed E-state index contributed by atoms with van der Waals surface area (Å²) < 4.78 is 4.93. The van der Waals surface area contributed by atoms with E-state index >= 15 is 0 Å². The molecule has 0 bridgehead atoms. The number of nitrogens with zero attached hydrogens (tertiary/aromatic N) is 2. The van der Waals surface area contributed by atoms with Crippen LogP contribution >= 0.6 is 22.9 Å². The van der Waals surface area contributed by atoms with Crippen molar-refractivity contribution >= 4 is 22.9 Å². The zero-order chi connectivity index (χ0) is 8.39. The molecule has 0 saturated heterocycles. The third-order valence-corrected chi connectivity index (χ3v) is 2.52. The monoisotopic (exact) mass is 200 g/mol. The molecule has 3 nitrogen and oxygen atoms in total. The molecular formula is C7H5ClN2OS. The summed E-state index contributed by atoms with van der Waals surface area (Å²) in [7, 11) is 0. The van der Waals surface area contributed by atoms with E-state index in [0.29, 0.717) is 11.6 Å². The van der Waals surface area contributed by atoms with Gasteiger partial charge in [-0.25, -0.2) is 4.98 Å². The van der Waals surface area contributed by atoms with Crippen LogP contribution in [0.25, 0.3) is 10.8 Å². The van der Waals surface area contributed by atoms with Crippen LogP contribution in [0, 0.1) is 0 Å². The van der Waals surface area contributed by atoms with Crippen LogP contribution in [0.3, 0.4) is 0 Å². The maximum atomic E-state index is 5.60. The molecule has 2 heterocycles. The van der Waals surface area contributed by atoms with Gasteiger partial charge in [0.05, 0.1) is 17.8 Å². The second kappa shape index (κ2) is 3.25. The molecule has 5 heteroatoms. The molecule has 0 radical (unpaired) electrons. The molecule has 62 valence electrons. The Balaban J connectivity index is 2.35. The largest absolute Gasteiger partial charge is 0.354 e. The van der Waals surface area contributed by atoms with E-state index in [2.05, 4.69) is 10.1 Å². The fraction of sp³-hybridized carbons (Fsp3) is 0.143. The lowest BCUT2D eigenvalue weighted by molar-refractivity contribution is 0.432. The van der Waals surface area contributed by atoms with Gasteiger partial charge >= 0.3 is 0 Å².